The van der Waals surface area contributed by atoms with Crippen molar-refractivity contribution in [2.24, 2.45) is 0 Å². The number of hydrogen-bond donors (Lipinski definition) is 0. The van der Waals surface area contributed by atoms with Gasteiger partial charge in [0.1, 0.15) is 5.82 Å². The Balaban J connectivity index is 1.51. The summed E-state index contributed by atoms with van der Waals surface area (Å²) in [5.74, 6) is -2.54. The van der Waals surface area contributed by atoms with E-state index < -0.39 is 5.92 Å². The second kappa shape index (κ2) is 6.40. The summed E-state index contributed by atoms with van der Waals surface area (Å²) in [5.41, 5.74) is 2.40. The monoisotopic (exact) mass is 371 g/mol. The van der Waals surface area contributed by atoms with Crippen LogP contribution in [0.15, 0.2) is 36.5 Å². The number of aromatic nitrogens is 1. The summed E-state index contributed by atoms with van der Waals surface area (Å²) in [6.45, 7) is 2.52. The second-order valence-electron chi connectivity index (χ2n) is 7.07. The van der Waals surface area contributed by atoms with E-state index in [2.05, 4.69) is 4.98 Å². The Morgan fingerprint density at radius 3 is 2.22 bits per heavy atom. The number of fused-ring (bicyclic) bond motifs is 1. The SMILES string of the molecule is Cc1cc(CN2C(=O)c3ccccc3C2=O)cnc1N1CCC(F)(F)CC1. The molecule has 0 saturated carbocycles. The molecule has 1 aromatic carbocycles. The van der Waals surface area contributed by atoms with E-state index in [1.165, 1.54) is 4.90 Å². The lowest BCUT2D eigenvalue weighted by Gasteiger charge is -2.33. The van der Waals surface area contributed by atoms with Crippen molar-refractivity contribution in [1.29, 1.82) is 0 Å². The average Bonchev–Trinajstić information content (AvgIpc) is 2.88. The molecule has 1 aromatic heterocycles. The zero-order valence-corrected chi connectivity index (χ0v) is 14.9. The molecule has 3 heterocycles. The summed E-state index contributed by atoms with van der Waals surface area (Å²) in [7, 11) is 0. The van der Waals surface area contributed by atoms with Crippen LogP contribution < -0.4 is 4.90 Å². The Bertz CT molecular complexity index is 884. The summed E-state index contributed by atoms with van der Waals surface area (Å²) >= 11 is 0. The first-order valence-electron chi connectivity index (χ1n) is 8.89. The van der Waals surface area contributed by atoms with Crippen molar-refractivity contribution in [1.82, 2.24) is 9.88 Å². The zero-order valence-electron chi connectivity index (χ0n) is 14.9. The minimum Gasteiger partial charge on any atom is -0.356 e. The molecular weight excluding hydrogens is 352 g/mol. The number of piperidine rings is 1. The Morgan fingerprint density at radius 1 is 1.07 bits per heavy atom. The predicted molar refractivity (Wildman–Crippen MR) is 96.0 cm³/mol. The summed E-state index contributed by atoms with van der Waals surface area (Å²) in [5, 5.41) is 0. The van der Waals surface area contributed by atoms with Gasteiger partial charge in [-0.15, -0.1) is 0 Å². The van der Waals surface area contributed by atoms with Crippen molar-refractivity contribution in [3.05, 3.63) is 58.8 Å². The minimum atomic E-state index is -2.60. The number of amides is 2. The molecule has 0 radical (unpaired) electrons. The maximum atomic E-state index is 13.4. The fourth-order valence-corrected chi connectivity index (χ4v) is 3.65. The molecule has 1 saturated heterocycles. The lowest BCUT2D eigenvalue weighted by Crippen LogP contribution is -2.40. The first-order chi connectivity index (χ1) is 12.9. The normalized spacial score (nSPS) is 18.8. The first-order valence-corrected chi connectivity index (χ1v) is 8.89. The van der Waals surface area contributed by atoms with Crippen LogP contribution in [-0.2, 0) is 6.54 Å². The van der Waals surface area contributed by atoms with Gasteiger partial charge >= 0.3 is 0 Å². The molecule has 140 valence electrons. The molecular formula is C20H19F2N3O2. The summed E-state index contributed by atoms with van der Waals surface area (Å²) in [6.07, 6.45) is 1.26. The molecule has 0 spiro atoms. The Hall–Kier alpha value is -2.83. The summed E-state index contributed by atoms with van der Waals surface area (Å²) < 4.78 is 26.7. The molecule has 7 heteroatoms. The van der Waals surface area contributed by atoms with Gasteiger partial charge in [-0.05, 0) is 36.2 Å². The van der Waals surface area contributed by atoms with Gasteiger partial charge in [-0.1, -0.05) is 12.1 Å². The van der Waals surface area contributed by atoms with Crippen LogP contribution in [0.2, 0.25) is 0 Å². The van der Waals surface area contributed by atoms with E-state index in [4.69, 9.17) is 0 Å². The average molecular weight is 371 g/mol. The molecule has 2 aliphatic rings. The van der Waals surface area contributed by atoms with Crippen LogP contribution in [0.3, 0.4) is 0 Å². The van der Waals surface area contributed by atoms with Gasteiger partial charge in [0.05, 0.1) is 17.7 Å². The number of carbonyl (C=O) groups excluding carboxylic acids is 2. The van der Waals surface area contributed by atoms with Crippen molar-refractivity contribution >= 4 is 17.6 Å². The van der Waals surface area contributed by atoms with Crippen LogP contribution >= 0.6 is 0 Å². The third kappa shape index (κ3) is 3.18. The fraction of sp³-hybridized carbons (Fsp3) is 0.350. The second-order valence-corrected chi connectivity index (χ2v) is 7.07. The fourth-order valence-electron chi connectivity index (χ4n) is 3.65. The molecule has 0 unspecified atom stereocenters. The van der Waals surface area contributed by atoms with Gasteiger partial charge in [0.15, 0.2) is 0 Å². The molecule has 5 nitrogen and oxygen atoms in total. The Morgan fingerprint density at radius 2 is 1.67 bits per heavy atom. The number of alkyl halides is 2. The molecule has 27 heavy (non-hydrogen) atoms. The molecule has 2 aliphatic heterocycles. The van der Waals surface area contributed by atoms with E-state index in [9.17, 15) is 18.4 Å². The molecule has 0 bridgehead atoms. The van der Waals surface area contributed by atoms with Crippen LogP contribution in [0.4, 0.5) is 14.6 Å². The van der Waals surface area contributed by atoms with Crippen molar-refractivity contribution in [3.8, 4) is 0 Å². The van der Waals surface area contributed by atoms with Crippen molar-refractivity contribution in [2.45, 2.75) is 32.2 Å². The number of pyridine rings is 1. The van der Waals surface area contributed by atoms with Crippen LogP contribution in [-0.4, -0.2) is 40.7 Å². The Kier molecular flexibility index (Phi) is 4.17. The van der Waals surface area contributed by atoms with Crippen molar-refractivity contribution in [3.63, 3.8) is 0 Å². The summed E-state index contributed by atoms with van der Waals surface area (Å²) in [4.78, 5) is 32.4. The lowest BCUT2D eigenvalue weighted by atomic mass is 10.1. The smallest absolute Gasteiger partial charge is 0.261 e. The highest BCUT2D eigenvalue weighted by Crippen LogP contribution is 2.31. The minimum absolute atomic E-state index is 0.137. The van der Waals surface area contributed by atoms with Crippen LogP contribution in [0.1, 0.15) is 44.7 Å². The van der Waals surface area contributed by atoms with Gasteiger partial charge in [0.25, 0.3) is 17.7 Å². The number of nitrogens with zero attached hydrogens (tertiary/aromatic N) is 3. The van der Waals surface area contributed by atoms with E-state index in [-0.39, 0.29) is 44.3 Å². The number of halogens is 2. The van der Waals surface area contributed by atoms with Gasteiger partial charge in [-0.2, -0.15) is 0 Å². The third-order valence-electron chi connectivity index (χ3n) is 5.12. The number of aryl methyl sites for hydroxylation is 1. The molecule has 0 aliphatic carbocycles. The van der Waals surface area contributed by atoms with Gasteiger partial charge in [0, 0.05) is 32.1 Å². The van der Waals surface area contributed by atoms with Gasteiger partial charge in [-0.3, -0.25) is 14.5 Å². The molecule has 0 atom stereocenters. The molecule has 2 aromatic rings. The number of rotatable bonds is 3. The molecule has 1 fully saturated rings. The number of carbonyl (C=O) groups is 2. The maximum absolute atomic E-state index is 13.4. The van der Waals surface area contributed by atoms with E-state index in [1.807, 2.05) is 17.9 Å². The first kappa shape index (κ1) is 17.6. The Labute approximate surface area is 155 Å². The highest BCUT2D eigenvalue weighted by molar-refractivity contribution is 6.21. The van der Waals surface area contributed by atoms with E-state index in [0.29, 0.717) is 16.9 Å². The quantitative estimate of drug-likeness (QED) is 0.776. The lowest BCUT2D eigenvalue weighted by molar-refractivity contribution is -0.0221. The highest BCUT2D eigenvalue weighted by atomic mass is 19.3. The molecule has 2 amide bonds. The maximum Gasteiger partial charge on any atom is 0.261 e. The predicted octanol–water partition coefficient (Wildman–Crippen LogP) is 3.42. The standard InChI is InChI=1S/C20H19F2N3O2/c1-13-10-14(11-23-17(13)24-8-6-20(21,22)7-9-24)12-25-18(26)15-4-2-3-5-16(15)19(25)27/h2-5,10-11H,6-9,12H2,1H3. The van der Waals surface area contributed by atoms with Crippen molar-refractivity contribution < 1.29 is 18.4 Å². The third-order valence-corrected chi connectivity index (χ3v) is 5.12. The van der Waals surface area contributed by atoms with Gasteiger partial charge < -0.3 is 4.90 Å². The largest absolute Gasteiger partial charge is 0.356 e. The van der Waals surface area contributed by atoms with Crippen LogP contribution in [0.25, 0.3) is 0 Å². The van der Waals surface area contributed by atoms with E-state index in [1.54, 1.807) is 30.5 Å². The molecule has 4 rings (SSSR count). The van der Waals surface area contributed by atoms with Crippen LogP contribution in [0, 0.1) is 6.92 Å². The number of imide groups is 1. The van der Waals surface area contributed by atoms with Crippen molar-refractivity contribution in [2.75, 3.05) is 18.0 Å². The van der Waals surface area contributed by atoms with E-state index in [0.717, 1.165) is 11.1 Å². The summed E-state index contributed by atoms with van der Waals surface area (Å²) in [6, 6.07) is 8.62. The van der Waals surface area contributed by atoms with Gasteiger partial charge in [-0.25, -0.2) is 13.8 Å². The van der Waals surface area contributed by atoms with E-state index >= 15 is 0 Å². The molecule has 0 N–H and O–H groups in total. The number of benzene rings is 1. The number of hydrogen-bond acceptors (Lipinski definition) is 4. The van der Waals surface area contributed by atoms with Crippen LogP contribution in [0.5, 0.6) is 0 Å². The topological polar surface area (TPSA) is 53.5 Å². The zero-order chi connectivity index (χ0) is 19.2. The number of anilines is 1. The van der Waals surface area contributed by atoms with Gasteiger partial charge in [0.2, 0.25) is 0 Å². The highest BCUT2D eigenvalue weighted by Gasteiger charge is 2.36.